The van der Waals surface area contributed by atoms with Crippen LogP contribution in [0.2, 0.25) is 0 Å². The van der Waals surface area contributed by atoms with Crippen LogP contribution in [-0.4, -0.2) is 42.6 Å². The zero-order chi connectivity index (χ0) is 24.4. The summed E-state index contributed by atoms with van der Waals surface area (Å²) in [6.07, 6.45) is 9.80. The van der Waals surface area contributed by atoms with Gasteiger partial charge < -0.3 is 16.4 Å². The van der Waals surface area contributed by atoms with Crippen LogP contribution >= 0.6 is 0 Å². The van der Waals surface area contributed by atoms with Crippen molar-refractivity contribution in [2.75, 3.05) is 5.73 Å². The Bertz CT molecular complexity index is 1450. The Morgan fingerprint density at radius 2 is 1.64 bits per heavy atom. The lowest BCUT2D eigenvalue weighted by molar-refractivity contribution is 0.145. The lowest BCUT2D eigenvalue weighted by atomic mass is 9.85. The largest absolute Gasteiger partial charge is 0.383 e. The first-order valence-corrected chi connectivity index (χ1v) is 12.8. The number of carbonyl (C=O) groups excluding carboxylic acids is 1. The summed E-state index contributed by atoms with van der Waals surface area (Å²) in [5, 5.41) is 4.64. The van der Waals surface area contributed by atoms with Crippen LogP contribution in [0.15, 0.2) is 54.9 Å². The van der Waals surface area contributed by atoms with Gasteiger partial charge in [-0.15, -0.1) is 0 Å². The summed E-state index contributed by atoms with van der Waals surface area (Å²) < 4.78 is 1.80. The summed E-state index contributed by atoms with van der Waals surface area (Å²) in [7, 11) is 0. The van der Waals surface area contributed by atoms with Crippen molar-refractivity contribution in [3.05, 3.63) is 66.1 Å². The van der Waals surface area contributed by atoms with E-state index in [1.807, 2.05) is 41.6 Å². The van der Waals surface area contributed by atoms with Crippen molar-refractivity contribution in [2.45, 2.75) is 62.4 Å². The van der Waals surface area contributed by atoms with E-state index in [1.165, 1.54) is 0 Å². The Balaban J connectivity index is 1.30. The number of anilines is 1. The zero-order valence-electron chi connectivity index (χ0n) is 20.0. The number of amides is 2. The van der Waals surface area contributed by atoms with Gasteiger partial charge in [0.05, 0.1) is 17.6 Å². The number of nitrogen functional groups attached to an aromatic ring is 1. The van der Waals surface area contributed by atoms with Crippen LogP contribution in [0, 0.1) is 0 Å². The molecule has 0 radical (unpaired) electrons. The number of nitrogens with two attached hydrogens (primary N) is 2. The van der Waals surface area contributed by atoms with E-state index < -0.39 is 0 Å². The first-order chi connectivity index (χ1) is 17.6. The van der Waals surface area contributed by atoms with E-state index in [9.17, 15) is 4.79 Å². The number of urea groups is 1. The number of carbonyl (C=O) groups is 1. The van der Waals surface area contributed by atoms with Gasteiger partial charge in [0.25, 0.3) is 0 Å². The fraction of sp³-hybridized carbons (Fsp3) is 0.357. The third-order valence-electron chi connectivity index (χ3n) is 8.25. The Labute approximate surface area is 209 Å². The molecule has 2 atom stereocenters. The second kappa shape index (κ2) is 8.05. The summed E-state index contributed by atoms with van der Waals surface area (Å²) in [5.41, 5.74) is 19.4. The topological polar surface area (TPSA) is 115 Å². The van der Waals surface area contributed by atoms with E-state index in [0.717, 1.165) is 77.8 Å². The molecule has 36 heavy (non-hydrogen) atoms. The molecule has 3 aliphatic rings. The second-order valence-electron chi connectivity index (χ2n) is 10.5. The van der Waals surface area contributed by atoms with Gasteiger partial charge in [-0.1, -0.05) is 36.4 Å². The third-order valence-corrected chi connectivity index (χ3v) is 8.25. The monoisotopic (exact) mass is 479 g/mol. The van der Waals surface area contributed by atoms with E-state index in [4.69, 9.17) is 21.4 Å². The highest BCUT2D eigenvalue weighted by Crippen LogP contribution is 2.50. The third kappa shape index (κ3) is 3.35. The first-order valence-electron chi connectivity index (χ1n) is 12.8. The fourth-order valence-corrected chi connectivity index (χ4v) is 6.44. The Hall–Kier alpha value is -3.94. The van der Waals surface area contributed by atoms with Gasteiger partial charge in [0.2, 0.25) is 0 Å². The Morgan fingerprint density at radius 1 is 0.889 bits per heavy atom. The number of primary amides is 1. The van der Waals surface area contributed by atoms with Gasteiger partial charge in [-0.3, -0.25) is 4.98 Å². The van der Waals surface area contributed by atoms with Crippen LogP contribution in [0.25, 0.3) is 28.0 Å². The molecule has 2 unspecified atom stereocenters. The molecule has 2 bridgehead atoms. The van der Waals surface area contributed by atoms with Crippen molar-refractivity contribution in [1.29, 1.82) is 0 Å². The van der Waals surface area contributed by atoms with Crippen molar-refractivity contribution in [1.82, 2.24) is 24.5 Å². The molecule has 2 saturated heterocycles. The number of nitrogens with zero attached hydrogens (tertiary/aromatic N) is 5. The van der Waals surface area contributed by atoms with Gasteiger partial charge in [0.15, 0.2) is 5.65 Å². The lowest BCUT2D eigenvalue weighted by Crippen LogP contribution is -2.48. The average molecular weight is 480 g/mol. The fourth-order valence-electron chi connectivity index (χ4n) is 6.44. The normalized spacial score (nSPS) is 23.3. The predicted molar refractivity (Wildman–Crippen MR) is 138 cm³/mol. The molecule has 8 heteroatoms. The quantitative estimate of drug-likeness (QED) is 0.440. The van der Waals surface area contributed by atoms with E-state index in [1.54, 1.807) is 4.52 Å². The van der Waals surface area contributed by atoms with Crippen molar-refractivity contribution in [3.8, 4) is 22.4 Å². The van der Waals surface area contributed by atoms with E-state index in [0.29, 0.717) is 11.7 Å². The van der Waals surface area contributed by atoms with E-state index in [2.05, 4.69) is 23.3 Å². The van der Waals surface area contributed by atoms with E-state index in [-0.39, 0.29) is 24.0 Å². The lowest BCUT2D eigenvalue weighted by Gasteiger charge is -2.38. The van der Waals surface area contributed by atoms with Crippen LogP contribution in [0.4, 0.5) is 10.6 Å². The molecule has 8 nitrogen and oxygen atoms in total. The second-order valence-corrected chi connectivity index (χ2v) is 10.5. The highest BCUT2D eigenvalue weighted by Gasteiger charge is 2.45. The van der Waals surface area contributed by atoms with Crippen molar-refractivity contribution in [2.24, 2.45) is 5.73 Å². The van der Waals surface area contributed by atoms with Gasteiger partial charge in [0, 0.05) is 46.5 Å². The summed E-state index contributed by atoms with van der Waals surface area (Å²) in [4.78, 5) is 23.9. The minimum atomic E-state index is -0.296. The Morgan fingerprint density at radius 3 is 2.28 bits per heavy atom. The number of hydrogen-bond donors (Lipinski definition) is 2. The van der Waals surface area contributed by atoms with Gasteiger partial charge in [-0.25, -0.2) is 9.78 Å². The SMILES string of the molecule is NC(=O)N1C2CCC1CC(c1nc3c(-c4ccc(-c5ccccc5)nc4)cnn3c(N)c1C1CC1)C2. The summed E-state index contributed by atoms with van der Waals surface area (Å²) in [6, 6.07) is 14.3. The predicted octanol–water partition coefficient (Wildman–Crippen LogP) is 4.71. The minimum absolute atomic E-state index is 0.191. The maximum atomic E-state index is 12.0. The van der Waals surface area contributed by atoms with Crippen LogP contribution < -0.4 is 11.5 Å². The van der Waals surface area contributed by atoms with Gasteiger partial charge in [-0.2, -0.15) is 9.61 Å². The highest BCUT2D eigenvalue weighted by atomic mass is 16.2. The number of hydrogen-bond acceptors (Lipinski definition) is 5. The summed E-state index contributed by atoms with van der Waals surface area (Å²) in [5.74, 6) is 1.41. The van der Waals surface area contributed by atoms with Crippen molar-refractivity contribution >= 4 is 17.5 Å². The van der Waals surface area contributed by atoms with Crippen LogP contribution in [0.5, 0.6) is 0 Å². The maximum absolute atomic E-state index is 12.0. The number of fused-ring (bicyclic) bond motifs is 3. The van der Waals surface area contributed by atoms with E-state index >= 15 is 0 Å². The number of pyridine rings is 1. The molecule has 7 rings (SSSR count). The molecular formula is C28H29N7O. The van der Waals surface area contributed by atoms with Gasteiger partial charge in [-0.05, 0) is 50.5 Å². The van der Waals surface area contributed by atoms with Crippen LogP contribution in [0.3, 0.4) is 0 Å². The molecule has 2 aliphatic heterocycles. The highest BCUT2D eigenvalue weighted by molar-refractivity contribution is 5.79. The molecule has 4 N–H and O–H groups in total. The number of piperidine rings is 1. The van der Waals surface area contributed by atoms with Gasteiger partial charge >= 0.3 is 6.03 Å². The minimum Gasteiger partial charge on any atom is -0.383 e. The standard InChI is InChI=1S/C28H29N7O/c29-26-24(17-6-7-17)25(19-12-20-9-10-21(13-19)34(20)28(30)36)33-27-22(15-32-35(26)27)18-8-11-23(31-14-18)16-4-2-1-3-5-16/h1-5,8,11,14-15,17,19-21H,6-7,9-10,12-13,29H2,(H2,30,36). The zero-order valence-corrected chi connectivity index (χ0v) is 20.0. The molecule has 1 saturated carbocycles. The molecule has 1 aromatic carbocycles. The molecule has 4 aromatic rings. The maximum Gasteiger partial charge on any atom is 0.315 e. The average Bonchev–Trinajstić information content (AvgIpc) is 3.58. The molecule has 2 amide bonds. The molecule has 5 heterocycles. The molecule has 3 aromatic heterocycles. The molecule has 0 spiro atoms. The number of aromatic nitrogens is 4. The van der Waals surface area contributed by atoms with Crippen LogP contribution in [-0.2, 0) is 0 Å². The first kappa shape index (κ1) is 21.4. The molecule has 182 valence electrons. The van der Waals surface area contributed by atoms with Crippen molar-refractivity contribution in [3.63, 3.8) is 0 Å². The Kier molecular flexibility index (Phi) is 4.77. The molecule has 3 fully saturated rings. The smallest absolute Gasteiger partial charge is 0.315 e. The molecular weight excluding hydrogens is 450 g/mol. The summed E-state index contributed by atoms with van der Waals surface area (Å²) in [6.45, 7) is 0. The number of benzene rings is 1. The van der Waals surface area contributed by atoms with Gasteiger partial charge in [0.1, 0.15) is 5.82 Å². The number of rotatable bonds is 4. The summed E-state index contributed by atoms with van der Waals surface area (Å²) >= 11 is 0. The molecule has 1 aliphatic carbocycles. The van der Waals surface area contributed by atoms with Crippen molar-refractivity contribution < 1.29 is 4.79 Å². The van der Waals surface area contributed by atoms with Crippen LogP contribution in [0.1, 0.15) is 61.6 Å².